The molecule has 1 aromatic carbocycles. The van der Waals surface area contributed by atoms with Crippen molar-refractivity contribution in [1.29, 1.82) is 0 Å². The van der Waals surface area contributed by atoms with E-state index in [9.17, 15) is 4.79 Å². The summed E-state index contributed by atoms with van der Waals surface area (Å²) in [6.07, 6.45) is 4.26. The predicted octanol–water partition coefficient (Wildman–Crippen LogP) is 4.34. The van der Waals surface area contributed by atoms with E-state index in [2.05, 4.69) is 39.0 Å². The Balaban J connectivity index is 2.29. The Hall–Kier alpha value is -1.37. The number of hydrogen-bond acceptors (Lipinski definition) is 1. The van der Waals surface area contributed by atoms with Gasteiger partial charge in [-0.15, -0.1) is 0 Å². The van der Waals surface area contributed by atoms with E-state index in [4.69, 9.17) is 0 Å². The van der Waals surface area contributed by atoms with Crippen LogP contribution >= 0.6 is 0 Å². The lowest BCUT2D eigenvalue weighted by Gasteiger charge is -2.30. The van der Waals surface area contributed by atoms with Gasteiger partial charge in [-0.1, -0.05) is 51.1 Å². The van der Waals surface area contributed by atoms with Gasteiger partial charge in [-0.3, -0.25) is 4.79 Å². The summed E-state index contributed by atoms with van der Waals surface area (Å²) in [7, 11) is 0. The molecule has 1 aliphatic rings. The van der Waals surface area contributed by atoms with Crippen molar-refractivity contribution in [2.45, 2.75) is 33.6 Å². The number of carbonyl (C=O) groups is 1. The Labute approximate surface area is 110 Å². The first-order valence-electron chi connectivity index (χ1n) is 6.90. The fraction of sp³-hybridized carbons (Fsp3) is 0.471. The van der Waals surface area contributed by atoms with Gasteiger partial charge < -0.3 is 0 Å². The maximum atomic E-state index is 12.5. The first-order valence-corrected chi connectivity index (χ1v) is 6.90. The number of carbonyl (C=O) groups excluding carboxylic acids is 1. The molecule has 0 aliphatic heterocycles. The van der Waals surface area contributed by atoms with Crippen LogP contribution in [0.4, 0.5) is 0 Å². The molecule has 1 fully saturated rings. The maximum absolute atomic E-state index is 12.5. The number of Topliss-reactive ketones (excluding diaryl/α,β-unsaturated/α-hetero) is 1. The number of rotatable bonds is 2. The van der Waals surface area contributed by atoms with Crippen LogP contribution in [0.2, 0.25) is 0 Å². The third-order valence-electron chi connectivity index (χ3n) is 3.99. The summed E-state index contributed by atoms with van der Waals surface area (Å²) in [4.78, 5) is 12.5. The molecule has 0 N–H and O–H groups in total. The van der Waals surface area contributed by atoms with Crippen LogP contribution in [0, 0.1) is 17.8 Å². The molecule has 2 atom stereocenters. The standard InChI is InChI=1S/C17H22O/c1-12(2)15-10-9-13(3)16(17(15)18)11-14-7-5-4-6-8-14/h4-8,11-13,15H,9-10H2,1-3H3/b16-11+. The second kappa shape index (κ2) is 5.51. The smallest absolute Gasteiger partial charge is 0.162 e. The first kappa shape index (κ1) is 13.1. The quantitative estimate of drug-likeness (QED) is 0.705. The molecule has 18 heavy (non-hydrogen) atoms. The number of hydrogen-bond donors (Lipinski definition) is 0. The van der Waals surface area contributed by atoms with E-state index in [1.165, 1.54) is 0 Å². The van der Waals surface area contributed by atoms with Gasteiger partial charge in [0.15, 0.2) is 5.78 Å². The number of allylic oxidation sites excluding steroid dienone is 1. The molecule has 1 saturated carbocycles. The Morgan fingerprint density at radius 3 is 2.44 bits per heavy atom. The van der Waals surface area contributed by atoms with Crippen molar-refractivity contribution in [3.63, 3.8) is 0 Å². The molecular weight excluding hydrogens is 220 g/mol. The van der Waals surface area contributed by atoms with Crippen molar-refractivity contribution < 1.29 is 4.79 Å². The third-order valence-corrected chi connectivity index (χ3v) is 3.99. The van der Waals surface area contributed by atoms with Crippen LogP contribution in [0.1, 0.15) is 39.2 Å². The lowest BCUT2D eigenvalue weighted by Crippen LogP contribution is -2.30. The van der Waals surface area contributed by atoms with Gasteiger partial charge in [0, 0.05) is 5.92 Å². The molecule has 0 aromatic heterocycles. The molecular formula is C17H22O. The molecule has 1 aromatic rings. The van der Waals surface area contributed by atoms with Crippen molar-refractivity contribution in [2.24, 2.45) is 17.8 Å². The highest BCUT2D eigenvalue weighted by atomic mass is 16.1. The van der Waals surface area contributed by atoms with Crippen molar-refractivity contribution in [3.05, 3.63) is 41.5 Å². The average Bonchev–Trinajstić information content (AvgIpc) is 2.35. The van der Waals surface area contributed by atoms with E-state index in [1.807, 2.05) is 18.2 Å². The molecule has 1 heteroatoms. The van der Waals surface area contributed by atoms with Gasteiger partial charge in [-0.2, -0.15) is 0 Å². The molecule has 2 unspecified atom stereocenters. The molecule has 0 radical (unpaired) electrons. The molecule has 0 amide bonds. The zero-order valence-electron chi connectivity index (χ0n) is 11.5. The van der Waals surface area contributed by atoms with Crippen molar-refractivity contribution in [2.75, 3.05) is 0 Å². The Morgan fingerprint density at radius 1 is 1.17 bits per heavy atom. The SMILES string of the molecule is CC1CCC(C(C)C)C(=O)/C1=C/c1ccccc1. The van der Waals surface area contributed by atoms with Crippen LogP contribution in [0.25, 0.3) is 6.08 Å². The molecule has 0 bridgehead atoms. The average molecular weight is 242 g/mol. The summed E-state index contributed by atoms with van der Waals surface area (Å²) in [5.41, 5.74) is 2.16. The molecule has 1 nitrogen and oxygen atoms in total. The second-order valence-corrected chi connectivity index (χ2v) is 5.70. The molecule has 96 valence electrons. The van der Waals surface area contributed by atoms with Gasteiger partial charge in [-0.05, 0) is 41.9 Å². The van der Waals surface area contributed by atoms with Crippen LogP contribution < -0.4 is 0 Å². The molecule has 0 heterocycles. The monoisotopic (exact) mass is 242 g/mol. The number of benzene rings is 1. The van der Waals surface area contributed by atoms with Gasteiger partial charge >= 0.3 is 0 Å². The van der Waals surface area contributed by atoms with E-state index < -0.39 is 0 Å². The third kappa shape index (κ3) is 2.72. The van der Waals surface area contributed by atoms with E-state index in [0.717, 1.165) is 24.0 Å². The fourth-order valence-electron chi connectivity index (χ4n) is 2.75. The van der Waals surface area contributed by atoms with Gasteiger partial charge in [0.25, 0.3) is 0 Å². The minimum absolute atomic E-state index is 0.219. The van der Waals surface area contributed by atoms with E-state index in [1.54, 1.807) is 0 Å². The summed E-state index contributed by atoms with van der Waals surface area (Å²) in [6, 6.07) is 10.2. The second-order valence-electron chi connectivity index (χ2n) is 5.70. The van der Waals surface area contributed by atoms with Gasteiger partial charge in [-0.25, -0.2) is 0 Å². The molecule has 2 rings (SSSR count). The Morgan fingerprint density at radius 2 is 1.83 bits per heavy atom. The largest absolute Gasteiger partial charge is 0.294 e. The topological polar surface area (TPSA) is 17.1 Å². The summed E-state index contributed by atoms with van der Waals surface area (Å²) in [6.45, 7) is 6.47. The van der Waals surface area contributed by atoms with E-state index in [0.29, 0.717) is 17.6 Å². The number of ketones is 1. The highest BCUT2D eigenvalue weighted by Gasteiger charge is 2.32. The van der Waals surface area contributed by atoms with Crippen LogP contribution in [-0.2, 0) is 4.79 Å². The minimum atomic E-state index is 0.219. The van der Waals surface area contributed by atoms with Gasteiger partial charge in [0.1, 0.15) is 0 Å². The predicted molar refractivity (Wildman–Crippen MR) is 76.2 cm³/mol. The van der Waals surface area contributed by atoms with Crippen molar-refractivity contribution >= 4 is 11.9 Å². The van der Waals surface area contributed by atoms with E-state index in [-0.39, 0.29) is 5.92 Å². The lowest BCUT2D eigenvalue weighted by atomic mass is 9.73. The van der Waals surface area contributed by atoms with Crippen molar-refractivity contribution in [3.8, 4) is 0 Å². The minimum Gasteiger partial charge on any atom is -0.294 e. The first-order chi connectivity index (χ1) is 8.59. The summed E-state index contributed by atoms with van der Waals surface area (Å²) in [5.74, 6) is 1.43. The lowest BCUT2D eigenvalue weighted by molar-refractivity contribution is -0.122. The van der Waals surface area contributed by atoms with E-state index >= 15 is 0 Å². The summed E-state index contributed by atoms with van der Waals surface area (Å²) >= 11 is 0. The Bertz CT molecular complexity index is 442. The normalized spacial score (nSPS) is 26.9. The van der Waals surface area contributed by atoms with Crippen molar-refractivity contribution in [1.82, 2.24) is 0 Å². The molecule has 0 saturated heterocycles. The fourth-order valence-corrected chi connectivity index (χ4v) is 2.75. The highest BCUT2D eigenvalue weighted by Crippen LogP contribution is 2.35. The van der Waals surface area contributed by atoms with Crippen LogP contribution in [0.15, 0.2) is 35.9 Å². The van der Waals surface area contributed by atoms with Crippen LogP contribution in [0.3, 0.4) is 0 Å². The highest BCUT2D eigenvalue weighted by molar-refractivity contribution is 6.02. The van der Waals surface area contributed by atoms with Gasteiger partial charge in [0.05, 0.1) is 0 Å². The Kier molecular flexibility index (Phi) is 4.00. The summed E-state index contributed by atoms with van der Waals surface area (Å²) in [5, 5.41) is 0. The van der Waals surface area contributed by atoms with Crippen LogP contribution in [-0.4, -0.2) is 5.78 Å². The van der Waals surface area contributed by atoms with Crippen LogP contribution in [0.5, 0.6) is 0 Å². The zero-order chi connectivity index (χ0) is 13.1. The zero-order valence-corrected chi connectivity index (χ0v) is 11.5. The van der Waals surface area contributed by atoms with Gasteiger partial charge in [0.2, 0.25) is 0 Å². The molecule has 1 aliphatic carbocycles. The summed E-state index contributed by atoms with van der Waals surface area (Å²) < 4.78 is 0. The molecule has 0 spiro atoms. The maximum Gasteiger partial charge on any atom is 0.162 e.